The van der Waals surface area contributed by atoms with Gasteiger partial charge in [0, 0.05) is 57.4 Å². The van der Waals surface area contributed by atoms with E-state index in [2.05, 4.69) is 59.0 Å². The summed E-state index contributed by atoms with van der Waals surface area (Å²) >= 11 is 1.70. The lowest BCUT2D eigenvalue weighted by atomic mass is 9.92. The molecule has 37 heavy (non-hydrogen) atoms. The number of fused-ring (bicyclic) bond motifs is 2. The van der Waals surface area contributed by atoms with Gasteiger partial charge < -0.3 is 10.3 Å². The number of thiophene rings is 1. The molecular formula is C28H25N7OS. The number of H-pyrrole nitrogens is 2. The standard InChI is InChI=1S/C28H25N7OS/c1-28(2,3)12-24(36)32-18-9-16(13-29-15-18)17-10-21-25(34-35-27(21)31-14-17)22-11-20-19(23-5-4-8-37-23)6-7-30-26(20)33-22/h4-11,13-15H,12H2,1-3H3,(H,30,33)(H,32,36)(H,31,34,35). The number of nitrogens with zero attached hydrogens (tertiary/aromatic N) is 4. The van der Waals surface area contributed by atoms with Gasteiger partial charge in [-0.05, 0) is 41.1 Å². The van der Waals surface area contributed by atoms with Crippen molar-refractivity contribution >= 4 is 45.0 Å². The molecule has 1 amide bonds. The molecule has 0 radical (unpaired) electrons. The van der Waals surface area contributed by atoms with Crippen molar-refractivity contribution in [2.45, 2.75) is 27.2 Å². The predicted octanol–water partition coefficient (Wildman–Crippen LogP) is 6.67. The number of rotatable bonds is 5. The predicted molar refractivity (Wildman–Crippen MR) is 148 cm³/mol. The van der Waals surface area contributed by atoms with Gasteiger partial charge in [-0.25, -0.2) is 9.97 Å². The fraction of sp³-hybridized carbons (Fsp3) is 0.179. The Kier molecular flexibility index (Phi) is 5.57. The van der Waals surface area contributed by atoms with Gasteiger partial charge in [0.05, 0.1) is 23.3 Å². The zero-order chi connectivity index (χ0) is 25.6. The van der Waals surface area contributed by atoms with Gasteiger partial charge in [0.1, 0.15) is 5.65 Å². The van der Waals surface area contributed by atoms with Crippen LogP contribution in [0.3, 0.4) is 0 Å². The van der Waals surface area contributed by atoms with E-state index in [1.165, 1.54) is 4.88 Å². The summed E-state index contributed by atoms with van der Waals surface area (Å²) in [6.45, 7) is 6.12. The number of carbonyl (C=O) groups is 1. The summed E-state index contributed by atoms with van der Waals surface area (Å²) in [7, 11) is 0. The molecule has 0 bridgehead atoms. The summed E-state index contributed by atoms with van der Waals surface area (Å²) in [5, 5.41) is 14.5. The summed E-state index contributed by atoms with van der Waals surface area (Å²) in [5.74, 6) is -0.0357. The highest BCUT2D eigenvalue weighted by Gasteiger charge is 2.17. The zero-order valence-electron chi connectivity index (χ0n) is 20.7. The van der Waals surface area contributed by atoms with Gasteiger partial charge in [-0.2, -0.15) is 5.10 Å². The maximum atomic E-state index is 12.4. The van der Waals surface area contributed by atoms with E-state index in [9.17, 15) is 4.79 Å². The van der Waals surface area contributed by atoms with Gasteiger partial charge in [0.25, 0.3) is 0 Å². The minimum atomic E-state index is -0.0928. The van der Waals surface area contributed by atoms with E-state index in [-0.39, 0.29) is 11.3 Å². The fourth-order valence-electron chi connectivity index (χ4n) is 4.42. The fourth-order valence-corrected chi connectivity index (χ4v) is 5.19. The van der Waals surface area contributed by atoms with E-state index in [1.807, 2.05) is 45.2 Å². The van der Waals surface area contributed by atoms with Crippen LogP contribution < -0.4 is 5.32 Å². The molecule has 0 aliphatic heterocycles. The third-order valence-electron chi connectivity index (χ3n) is 6.04. The second-order valence-electron chi connectivity index (χ2n) is 10.2. The topological polar surface area (TPSA) is 112 Å². The van der Waals surface area contributed by atoms with Crippen LogP contribution in [0.15, 0.2) is 66.6 Å². The van der Waals surface area contributed by atoms with Crippen molar-refractivity contribution in [2.24, 2.45) is 5.41 Å². The number of amides is 1. The molecule has 3 N–H and O–H groups in total. The maximum absolute atomic E-state index is 12.4. The van der Waals surface area contributed by atoms with E-state index in [0.29, 0.717) is 17.8 Å². The Hall–Kier alpha value is -4.37. The summed E-state index contributed by atoms with van der Waals surface area (Å²) < 4.78 is 0. The first-order valence-electron chi connectivity index (χ1n) is 12.0. The smallest absolute Gasteiger partial charge is 0.224 e. The van der Waals surface area contributed by atoms with Gasteiger partial charge in [0.2, 0.25) is 5.91 Å². The summed E-state index contributed by atoms with van der Waals surface area (Å²) in [6.07, 6.45) is 7.44. The average Bonchev–Trinajstić information content (AvgIpc) is 3.61. The van der Waals surface area contributed by atoms with Crippen LogP contribution in [0.25, 0.3) is 55.0 Å². The molecule has 8 nitrogen and oxygen atoms in total. The van der Waals surface area contributed by atoms with E-state index in [1.54, 1.807) is 29.9 Å². The van der Waals surface area contributed by atoms with Crippen LogP contribution in [0.4, 0.5) is 5.69 Å². The number of hydrogen-bond donors (Lipinski definition) is 3. The molecule has 0 aliphatic rings. The van der Waals surface area contributed by atoms with Crippen molar-refractivity contribution < 1.29 is 4.79 Å². The Morgan fingerprint density at radius 1 is 1.03 bits per heavy atom. The molecule has 0 aliphatic carbocycles. The molecule has 6 rings (SSSR count). The van der Waals surface area contributed by atoms with E-state index >= 15 is 0 Å². The molecule has 6 aromatic rings. The number of aromatic amines is 2. The highest BCUT2D eigenvalue weighted by atomic mass is 32.1. The summed E-state index contributed by atoms with van der Waals surface area (Å²) in [4.78, 5) is 30.5. The minimum Gasteiger partial charge on any atom is -0.338 e. The van der Waals surface area contributed by atoms with E-state index in [0.717, 1.165) is 44.5 Å². The lowest BCUT2D eigenvalue weighted by molar-refractivity contribution is -0.117. The first-order chi connectivity index (χ1) is 17.8. The molecule has 0 spiro atoms. The van der Waals surface area contributed by atoms with Gasteiger partial charge >= 0.3 is 0 Å². The lowest BCUT2D eigenvalue weighted by Gasteiger charge is -2.17. The normalized spacial score (nSPS) is 11.9. The molecule has 0 unspecified atom stereocenters. The Balaban J connectivity index is 1.36. The summed E-state index contributed by atoms with van der Waals surface area (Å²) in [5.41, 5.74) is 6.59. The molecular weight excluding hydrogens is 482 g/mol. The van der Waals surface area contributed by atoms with Crippen LogP contribution in [-0.2, 0) is 4.79 Å². The van der Waals surface area contributed by atoms with Crippen LogP contribution in [0, 0.1) is 5.41 Å². The van der Waals surface area contributed by atoms with Crippen molar-refractivity contribution in [3.05, 3.63) is 66.6 Å². The highest BCUT2D eigenvalue weighted by molar-refractivity contribution is 7.13. The Labute approximate surface area is 217 Å². The Bertz CT molecular complexity index is 1740. The van der Waals surface area contributed by atoms with Gasteiger partial charge in [-0.15, -0.1) is 11.3 Å². The molecule has 6 heterocycles. The van der Waals surface area contributed by atoms with Gasteiger partial charge in [0.15, 0.2) is 5.65 Å². The van der Waals surface area contributed by atoms with Crippen molar-refractivity contribution in [2.75, 3.05) is 5.32 Å². The quantitative estimate of drug-likeness (QED) is 0.241. The number of nitrogens with one attached hydrogen (secondary N) is 3. The van der Waals surface area contributed by atoms with Crippen LogP contribution in [0.1, 0.15) is 27.2 Å². The number of hydrogen-bond acceptors (Lipinski definition) is 6. The maximum Gasteiger partial charge on any atom is 0.224 e. The minimum absolute atomic E-state index is 0.0357. The Morgan fingerprint density at radius 3 is 2.70 bits per heavy atom. The van der Waals surface area contributed by atoms with E-state index in [4.69, 9.17) is 0 Å². The van der Waals surface area contributed by atoms with Gasteiger partial charge in [-0.1, -0.05) is 26.8 Å². The van der Waals surface area contributed by atoms with Crippen LogP contribution >= 0.6 is 11.3 Å². The van der Waals surface area contributed by atoms with Crippen molar-refractivity contribution in [1.29, 1.82) is 0 Å². The number of anilines is 1. The molecule has 0 fully saturated rings. The SMILES string of the molecule is CC(C)(C)CC(=O)Nc1cncc(-c2cnc3n[nH]c(-c4cc5c(-c6cccs6)ccnc5[nH]4)c3c2)c1. The zero-order valence-corrected chi connectivity index (χ0v) is 21.5. The second-order valence-corrected chi connectivity index (χ2v) is 11.2. The first kappa shape index (κ1) is 23.1. The molecule has 0 aromatic carbocycles. The van der Waals surface area contributed by atoms with Crippen molar-refractivity contribution in [3.63, 3.8) is 0 Å². The van der Waals surface area contributed by atoms with Crippen molar-refractivity contribution in [3.8, 4) is 33.0 Å². The number of carbonyl (C=O) groups excluding carboxylic acids is 1. The molecule has 0 saturated heterocycles. The second kappa shape index (κ2) is 8.94. The molecule has 0 atom stereocenters. The van der Waals surface area contributed by atoms with Gasteiger partial charge in [-0.3, -0.25) is 14.9 Å². The number of aromatic nitrogens is 6. The average molecular weight is 508 g/mol. The van der Waals surface area contributed by atoms with Crippen LogP contribution in [0.5, 0.6) is 0 Å². The summed E-state index contributed by atoms with van der Waals surface area (Å²) in [6, 6.07) is 12.3. The molecule has 6 aromatic heterocycles. The molecule has 0 saturated carbocycles. The third-order valence-corrected chi connectivity index (χ3v) is 6.95. The van der Waals surface area contributed by atoms with E-state index < -0.39 is 0 Å². The third kappa shape index (κ3) is 4.61. The van der Waals surface area contributed by atoms with Crippen molar-refractivity contribution in [1.82, 2.24) is 30.1 Å². The van der Waals surface area contributed by atoms with Crippen LogP contribution in [-0.4, -0.2) is 36.0 Å². The number of pyridine rings is 3. The first-order valence-corrected chi connectivity index (χ1v) is 12.8. The Morgan fingerprint density at radius 2 is 1.89 bits per heavy atom. The monoisotopic (exact) mass is 507 g/mol. The van der Waals surface area contributed by atoms with Crippen LogP contribution in [0.2, 0.25) is 0 Å². The lowest BCUT2D eigenvalue weighted by Crippen LogP contribution is -2.19. The molecule has 184 valence electrons. The highest BCUT2D eigenvalue weighted by Crippen LogP contribution is 2.35. The molecule has 9 heteroatoms. The largest absolute Gasteiger partial charge is 0.338 e.